The van der Waals surface area contributed by atoms with Crippen LogP contribution in [0.1, 0.15) is 18.1 Å². The first-order chi connectivity index (χ1) is 18.1. The summed E-state index contributed by atoms with van der Waals surface area (Å²) in [7, 11) is 3.25. The summed E-state index contributed by atoms with van der Waals surface area (Å²) >= 11 is 0. The van der Waals surface area contributed by atoms with Crippen LogP contribution >= 0.6 is 0 Å². The number of hydrogen-bond donors (Lipinski definition) is 3. The van der Waals surface area contributed by atoms with Crippen LogP contribution in [0.4, 0.5) is 0 Å². The summed E-state index contributed by atoms with van der Waals surface area (Å²) in [6.07, 6.45) is 9.46. The van der Waals surface area contributed by atoms with Gasteiger partial charge in [-0.3, -0.25) is 24.2 Å². The van der Waals surface area contributed by atoms with Gasteiger partial charge in [-0.2, -0.15) is 0 Å². The number of carbonyl (C=O) groups excluding carboxylic acids is 3. The number of nitrogens with two attached hydrogens (primary N) is 1. The maximum absolute atomic E-state index is 12.0. The van der Waals surface area contributed by atoms with Crippen molar-refractivity contribution in [1.29, 1.82) is 0 Å². The molecule has 38 heavy (non-hydrogen) atoms. The lowest BCUT2D eigenvalue weighted by atomic mass is 10.2. The van der Waals surface area contributed by atoms with Gasteiger partial charge in [-0.15, -0.1) is 0 Å². The zero-order valence-electron chi connectivity index (χ0n) is 21.1. The Labute approximate surface area is 219 Å². The van der Waals surface area contributed by atoms with Gasteiger partial charge in [0.05, 0.1) is 0 Å². The van der Waals surface area contributed by atoms with Gasteiger partial charge >= 0.3 is 0 Å². The summed E-state index contributed by atoms with van der Waals surface area (Å²) in [6.45, 7) is 1.88. The summed E-state index contributed by atoms with van der Waals surface area (Å²) in [5.41, 5.74) is 7.22. The van der Waals surface area contributed by atoms with E-state index in [9.17, 15) is 24.6 Å². The zero-order chi connectivity index (χ0) is 27.8. The Balaban J connectivity index is 0.000000212. The standard InChI is InChI=1S/C14H13N3O3.C14H14N2O2/c1-17-13(7-6-12(15)19)16-11(14(17)20)8-9-2-4-10(18)5-3-9;1-3-4-13-15-12(14(18)16(13)2)9-10-5-7-11(17)8-6-10/h2-8,18H,1H3,(H2,15,19);3-9,17H,1-2H3. The Hall–Kier alpha value is -5.25. The first-order valence-electron chi connectivity index (χ1n) is 11.4. The molecule has 3 amide bonds. The van der Waals surface area contributed by atoms with Crippen molar-refractivity contribution in [2.24, 2.45) is 15.7 Å². The zero-order valence-corrected chi connectivity index (χ0v) is 21.1. The molecular formula is C28H27N5O5. The van der Waals surface area contributed by atoms with Gasteiger partial charge in [-0.25, -0.2) is 9.98 Å². The second-order valence-electron chi connectivity index (χ2n) is 8.15. The quantitative estimate of drug-likeness (QED) is 0.526. The molecule has 0 saturated carbocycles. The van der Waals surface area contributed by atoms with Crippen molar-refractivity contribution in [3.63, 3.8) is 0 Å². The minimum atomic E-state index is -0.607. The Morgan fingerprint density at radius 3 is 1.53 bits per heavy atom. The first kappa shape index (κ1) is 27.3. The molecule has 10 nitrogen and oxygen atoms in total. The highest BCUT2D eigenvalue weighted by Gasteiger charge is 2.25. The van der Waals surface area contributed by atoms with Crippen LogP contribution in [-0.2, 0) is 14.4 Å². The van der Waals surface area contributed by atoms with Crippen molar-refractivity contribution in [2.45, 2.75) is 6.92 Å². The third-order valence-corrected chi connectivity index (χ3v) is 5.31. The van der Waals surface area contributed by atoms with E-state index in [1.807, 2.05) is 13.0 Å². The Bertz CT molecular complexity index is 1410. The minimum Gasteiger partial charge on any atom is -0.508 e. The number of allylic oxidation sites excluding steroid dienone is 1. The molecule has 0 fully saturated rings. The van der Waals surface area contributed by atoms with E-state index in [1.165, 1.54) is 28.0 Å². The lowest BCUT2D eigenvalue weighted by Crippen LogP contribution is -2.26. The summed E-state index contributed by atoms with van der Waals surface area (Å²) in [4.78, 5) is 45.8. The molecule has 0 spiro atoms. The Morgan fingerprint density at radius 1 is 0.763 bits per heavy atom. The van der Waals surface area contributed by atoms with Crippen molar-refractivity contribution in [2.75, 3.05) is 14.1 Å². The number of aromatic hydroxyl groups is 2. The number of aliphatic imine (C=N–C) groups is 2. The van der Waals surface area contributed by atoms with Gasteiger partial charge < -0.3 is 15.9 Å². The number of amides is 3. The maximum atomic E-state index is 12.0. The van der Waals surface area contributed by atoms with Crippen LogP contribution in [-0.4, -0.2) is 63.5 Å². The molecule has 2 aromatic rings. The van der Waals surface area contributed by atoms with E-state index >= 15 is 0 Å². The molecule has 2 aliphatic heterocycles. The third-order valence-electron chi connectivity index (χ3n) is 5.31. The van der Waals surface area contributed by atoms with E-state index in [2.05, 4.69) is 9.98 Å². The van der Waals surface area contributed by atoms with Gasteiger partial charge in [-0.05, 0) is 66.6 Å². The van der Waals surface area contributed by atoms with Crippen LogP contribution < -0.4 is 5.73 Å². The summed E-state index contributed by atoms with van der Waals surface area (Å²) in [6, 6.07) is 13.0. The number of primary amides is 1. The van der Waals surface area contributed by atoms with E-state index in [1.54, 1.807) is 68.7 Å². The number of phenols is 2. The Kier molecular flexibility index (Phi) is 8.73. The predicted molar refractivity (Wildman–Crippen MR) is 146 cm³/mol. The SMILES string of the molecule is CC=CC1=NC(=Cc2ccc(O)cc2)C(=O)N1C.CN1C(=O)C(=Cc2ccc(O)cc2)N=C1C=CC(N)=O. The highest BCUT2D eigenvalue weighted by atomic mass is 16.3. The largest absolute Gasteiger partial charge is 0.508 e. The molecule has 10 heteroatoms. The van der Waals surface area contributed by atoms with E-state index in [4.69, 9.17) is 5.73 Å². The molecule has 4 rings (SSSR count). The summed E-state index contributed by atoms with van der Waals surface area (Å²) in [5.74, 6) is 0.315. The van der Waals surface area contributed by atoms with Crippen molar-refractivity contribution < 1.29 is 24.6 Å². The lowest BCUT2D eigenvalue weighted by Gasteiger charge is -2.07. The van der Waals surface area contributed by atoms with Gasteiger partial charge in [0, 0.05) is 20.2 Å². The van der Waals surface area contributed by atoms with Gasteiger partial charge in [0.2, 0.25) is 5.91 Å². The Morgan fingerprint density at radius 2 is 1.16 bits per heavy atom. The molecule has 0 unspecified atom stereocenters. The van der Waals surface area contributed by atoms with E-state index < -0.39 is 5.91 Å². The number of phenolic OH excluding ortho intramolecular Hbond substituents is 2. The molecule has 0 saturated heterocycles. The molecule has 0 aliphatic carbocycles. The van der Waals surface area contributed by atoms with Crippen LogP contribution in [0.5, 0.6) is 11.5 Å². The highest BCUT2D eigenvalue weighted by Crippen LogP contribution is 2.20. The van der Waals surface area contributed by atoms with E-state index in [-0.39, 0.29) is 29.0 Å². The number of likely N-dealkylation sites (N-methyl/N-ethyl adjacent to an activating group) is 2. The summed E-state index contributed by atoms with van der Waals surface area (Å²) in [5, 5.41) is 18.4. The molecule has 2 aromatic carbocycles. The number of carbonyl (C=O) groups is 3. The van der Waals surface area contributed by atoms with Gasteiger partial charge in [-0.1, -0.05) is 30.3 Å². The van der Waals surface area contributed by atoms with Crippen LogP contribution in [0.3, 0.4) is 0 Å². The molecular weight excluding hydrogens is 486 g/mol. The molecule has 0 aromatic heterocycles. The van der Waals surface area contributed by atoms with Crippen molar-refractivity contribution in [1.82, 2.24) is 9.80 Å². The second kappa shape index (κ2) is 12.1. The van der Waals surface area contributed by atoms with E-state index in [0.717, 1.165) is 17.2 Å². The van der Waals surface area contributed by atoms with Crippen molar-refractivity contribution >= 4 is 41.5 Å². The molecule has 194 valence electrons. The highest BCUT2D eigenvalue weighted by molar-refractivity contribution is 6.18. The first-order valence-corrected chi connectivity index (χ1v) is 11.4. The molecule has 2 heterocycles. The number of rotatable bonds is 5. The molecule has 0 bridgehead atoms. The number of amidine groups is 2. The summed E-state index contributed by atoms with van der Waals surface area (Å²) < 4.78 is 0. The third kappa shape index (κ3) is 6.91. The lowest BCUT2D eigenvalue weighted by molar-refractivity contribution is -0.122. The predicted octanol–water partition coefficient (Wildman–Crippen LogP) is 2.82. The fourth-order valence-corrected chi connectivity index (χ4v) is 3.29. The fraction of sp³-hybridized carbons (Fsp3) is 0.107. The molecule has 4 N–H and O–H groups in total. The van der Waals surface area contributed by atoms with Gasteiger partial charge in [0.1, 0.15) is 34.6 Å². The number of benzene rings is 2. The minimum absolute atomic E-state index is 0.129. The number of hydrogen-bond acceptors (Lipinski definition) is 7. The topological polar surface area (TPSA) is 149 Å². The van der Waals surface area contributed by atoms with Crippen molar-refractivity contribution in [3.8, 4) is 11.5 Å². The average molecular weight is 514 g/mol. The van der Waals surface area contributed by atoms with Crippen molar-refractivity contribution in [3.05, 3.63) is 95.4 Å². The van der Waals surface area contributed by atoms with Crippen LogP contribution in [0.15, 0.2) is 94.2 Å². The van der Waals surface area contributed by atoms with Crippen LogP contribution in [0.2, 0.25) is 0 Å². The van der Waals surface area contributed by atoms with Crippen LogP contribution in [0, 0.1) is 0 Å². The normalized spacial score (nSPS) is 17.4. The smallest absolute Gasteiger partial charge is 0.277 e. The van der Waals surface area contributed by atoms with Gasteiger partial charge in [0.15, 0.2) is 0 Å². The van der Waals surface area contributed by atoms with Crippen LogP contribution in [0.25, 0.3) is 12.2 Å². The molecule has 2 aliphatic rings. The maximum Gasteiger partial charge on any atom is 0.277 e. The molecule has 0 radical (unpaired) electrons. The second-order valence-corrected chi connectivity index (χ2v) is 8.15. The average Bonchev–Trinajstić information content (AvgIpc) is 3.31. The number of nitrogens with zero attached hydrogens (tertiary/aromatic N) is 4. The fourth-order valence-electron chi connectivity index (χ4n) is 3.29. The monoisotopic (exact) mass is 513 g/mol. The molecule has 0 atom stereocenters. The van der Waals surface area contributed by atoms with Gasteiger partial charge in [0.25, 0.3) is 11.8 Å². The van der Waals surface area contributed by atoms with E-state index in [0.29, 0.717) is 17.4 Å².